The average Bonchev–Trinajstić information content (AvgIpc) is 2.02. The largest absolute Gasteiger partial charge is 0.249 e. The summed E-state index contributed by atoms with van der Waals surface area (Å²) in [7, 11) is -2.55. The number of hydrogen-bond donors (Lipinski definition) is 1. The third-order valence-corrected chi connectivity index (χ3v) is 3.30. The number of nitrogens with one attached hydrogen (secondary N) is 1. The van der Waals surface area contributed by atoms with Crippen molar-refractivity contribution < 1.29 is 4.21 Å². The van der Waals surface area contributed by atoms with Crippen LogP contribution < -0.4 is 0 Å². The molecule has 0 aliphatic heterocycles. The molecule has 0 aliphatic carbocycles. The lowest BCUT2D eigenvalue weighted by atomic mass is 10.1. The van der Waals surface area contributed by atoms with Gasteiger partial charge in [-0.05, 0) is 36.6 Å². The lowest BCUT2D eigenvalue weighted by molar-refractivity contribution is 0.679. The Morgan fingerprint density at radius 3 is 2.46 bits per heavy atom. The minimum Gasteiger partial charge on any atom is -0.249 e. The van der Waals surface area contributed by atoms with Gasteiger partial charge in [0.15, 0.2) is 0 Å². The summed E-state index contributed by atoms with van der Waals surface area (Å²) < 4.78 is 18.8. The van der Waals surface area contributed by atoms with Crippen molar-refractivity contribution in [3.63, 3.8) is 0 Å². The fourth-order valence-electron chi connectivity index (χ4n) is 1.31. The molecule has 0 saturated carbocycles. The van der Waals surface area contributed by atoms with E-state index in [1.54, 1.807) is 6.07 Å². The summed E-state index contributed by atoms with van der Waals surface area (Å²) in [6.45, 7) is 4.08. The summed E-state index contributed by atoms with van der Waals surface area (Å²) in [5.74, 6) is 0. The van der Waals surface area contributed by atoms with Crippen LogP contribution in [0.5, 0.6) is 0 Å². The molecule has 0 fully saturated rings. The maximum Gasteiger partial charge on any atom is 0.0696 e. The van der Waals surface area contributed by atoms with Gasteiger partial charge in [-0.15, -0.1) is 0 Å². The number of rotatable bonds is 2. The van der Waals surface area contributed by atoms with Gasteiger partial charge >= 0.3 is 0 Å². The van der Waals surface area contributed by atoms with Gasteiger partial charge in [0.1, 0.15) is 0 Å². The van der Waals surface area contributed by atoms with Crippen LogP contribution in [0.4, 0.5) is 0 Å². The smallest absolute Gasteiger partial charge is 0.0696 e. The molecular formula is C10H15NOS. The molecule has 1 N–H and O–H groups in total. The Morgan fingerprint density at radius 2 is 2.08 bits per heavy atom. The van der Waals surface area contributed by atoms with E-state index in [9.17, 15) is 4.21 Å². The van der Waals surface area contributed by atoms with Crippen molar-refractivity contribution >= 4 is 9.73 Å². The van der Waals surface area contributed by atoms with Crippen LogP contribution in [0.15, 0.2) is 23.1 Å². The molecule has 0 spiro atoms. The highest BCUT2D eigenvalue weighted by atomic mass is 32.2. The monoisotopic (exact) mass is 197 g/mol. The van der Waals surface area contributed by atoms with E-state index in [0.717, 1.165) is 12.0 Å². The maximum absolute atomic E-state index is 11.4. The minimum atomic E-state index is -2.55. The van der Waals surface area contributed by atoms with Crippen molar-refractivity contribution in [2.45, 2.75) is 25.2 Å². The molecule has 1 aromatic rings. The molecule has 72 valence electrons. The number of benzene rings is 1. The van der Waals surface area contributed by atoms with Gasteiger partial charge in [-0.3, -0.25) is 0 Å². The minimum absolute atomic E-state index is 0.627. The number of hydrogen-bond acceptors (Lipinski definition) is 2. The normalized spacial score (nSPS) is 15.3. The van der Waals surface area contributed by atoms with Crippen molar-refractivity contribution in [3.05, 3.63) is 29.3 Å². The topological polar surface area (TPSA) is 40.9 Å². The summed E-state index contributed by atoms with van der Waals surface area (Å²) in [5, 5.41) is 0. The van der Waals surface area contributed by atoms with Crippen LogP contribution in [0, 0.1) is 11.7 Å². The van der Waals surface area contributed by atoms with Gasteiger partial charge in [0, 0.05) is 11.2 Å². The van der Waals surface area contributed by atoms with Crippen LogP contribution in [0.25, 0.3) is 0 Å². The van der Waals surface area contributed by atoms with Crippen LogP contribution in [-0.4, -0.2) is 10.5 Å². The first-order chi connectivity index (χ1) is 5.95. The molecule has 1 unspecified atom stereocenters. The molecule has 0 heterocycles. The van der Waals surface area contributed by atoms with Gasteiger partial charge in [-0.1, -0.05) is 13.0 Å². The molecule has 0 radical (unpaired) electrons. The highest BCUT2D eigenvalue weighted by Gasteiger charge is 2.04. The van der Waals surface area contributed by atoms with E-state index in [2.05, 4.69) is 6.92 Å². The van der Waals surface area contributed by atoms with E-state index in [1.165, 1.54) is 11.8 Å². The molecule has 1 aromatic carbocycles. The molecule has 3 heteroatoms. The predicted octanol–water partition coefficient (Wildman–Crippen LogP) is 2.59. The standard InChI is InChI=1S/C10H15NOS/c1-4-9-5-6-10(7-8(9)2)13(3,11)12/h5-7,11H,4H2,1-3H3. The summed E-state index contributed by atoms with van der Waals surface area (Å²) in [6.07, 6.45) is 2.43. The Labute approximate surface area is 80.0 Å². The first-order valence-electron chi connectivity index (χ1n) is 4.28. The van der Waals surface area contributed by atoms with Crippen LogP contribution in [-0.2, 0) is 16.1 Å². The van der Waals surface area contributed by atoms with Gasteiger partial charge in [-0.2, -0.15) is 0 Å². The van der Waals surface area contributed by atoms with Crippen molar-refractivity contribution in [2.24, 2.45) is 0 Å². The Balaban J connectivity index is 3.26. The summed E-state index contributed by atoms with van der Waals surface area (Å²) in [6, 6.07) is 5.61. The van der Waals surface area contributed by atoms with E-state index >= 15 is 0 Å². The molecule has 0 saturated heterocycles. The van der Waals surface area contributed by atoms with Gasteiger partial charge < -0.3 is 0 Å². The first-order valence-corrected chi connectivity index (χ1v) is 6.25. The molecule has 0 aliphatic rings. The second-order valence-electron chi connectivity index (χ2n) is 3.29. The molecule has 0 aromatic heterocycles. The van der Waals surface area contributed by atoms with E-state index < -0.39 is 9.73 Å². The second kappa shape index (κ2) is 3.50. The van der Waals surface area contributed by atoms with Crippen molar-refractivity contribution in [2.75, 3.05) is 6.26 Å². The van der Waals surface area contributed by atoms with Gasteiger partial charge in [0.2, 0.25) is 0 Å². The molecule has 0 amide bonds. The third-order valence-electron chi connectivity index (χ3n) is 2.14. The zero-order valence-corrected chi connectivity index (χ0v) is 9.07. The molecule has 13 heavy (non-hydrogen) atoms. The highest BCUT2D eigenvalue weighted by molar-refractivity contribution is 7.91. The van der Waals surface area contributed by atoms with Crippen LogP contribution >= 0.6 is 0 Å². The molecule has 1 rings (SSSR count). The lowest BCUT2D eigenvalue weighted by Gasteiger charge is -2.06. The molecule has 1 atom stereocenters. The highest BCUT2D eigenvalue weighted by Crippen LogP contribution is 2.15. The summed E-state index contributed by atoms with van der Waals surface area (Å²) in [5.41, 5.74) is 2.38. The Kier molecular flexibility index (Phi) is 2.76. The van der Waals surface area contributed by atoms with Gasteiger partial charge in [0.25, 0.3) is 0 Å². The zero-order valence-electron chi connectivity index (χ0n) is 8.26. The third kappa shape index (κ3) is 2.31. The summed E-state index contributed by atoms with van der Waals surface area (Å²) in [4.78, 5) is 0.627. The summed E-state index contributed by atoms with van der Waals surface area (Å²) >= 11 is 0. The van der Waals surface area contributed by atoms with Crippen LogP contribution in [0.1, 0.15) is 18.1 Å². The van der Waals surface area contributed by atoms with Crippen LogP contribution in [0.2, 0.25) is 0 Å². The fraction of sp³-hybridized carbons (Fsp3) is 0.400. The predicted molar refractivity (Wildman–Crippen MR) is 55.6 cm³/mol. The average molecular weight is 197 g/mol. The van der Waals surface area contributed by atoms with E-state index in [0.29, 0.717) is 4.90 Å². The molecule has 0 bridgehead atoms. The first kappa shape index (κ1) is 10.3. The lowest BCUT2D eigenvalue weighted by Crippen LogP contribution is -1.97. The maximum atomic E-state index is 11.4. The Bertz CT molecular complexity index is 407. The quantitative estimate of drug-likeness (QED) is 0.777. The molecular weight excluding hydrogens is 182 g/mol. The van der Waals surface area contributed by atoms with Gasteiger partial charge in [0.05, 0.1) is 9.73 Å². The number of aryl methyl sites for hydroxylation is 2. The van der Waals surface area contributed by atoms with Crippen molar-refractivity contribution in [3.8, 4) is 0 Å². The SMILES string of the molecule is CCc1ccc(S(C)(=N)=O)cc1C. The van der Waals surface area contributed by atoms with E-state index in [4.69, 9.17) is 4.78 Å². The Morgan fingerprint density at radius 1 is 1.46 bits per heavy atom. The van der Waals surface area contributed by atoms with Crippen molar-refractivity contribution in [1.29, 1.82) is 4.78 Å². The van der Waals surface area contributed by atoms with Crippen LogP contribution in [0.3, 0.4) is 0 Å². The van der Waals surface area contributed by atoms with Gasteiger partial charge in [-0.25, -0.2) is 8.99 Å². The van der Waals surface area contributed by atoms with E-state index in [1.807, 2.05) is 19.1 Å². The zero-order chi connectivity index (χ0) is 10.1. The molecule has 2 nitrogen and oxygen atoms in total. The Hall–Kier alpha value is -0.830. The van der Waals surface area contributed by atoms with E-state index in [-0.39, 0.29) is 0 Å². The second-order valence-corrected chi connectivity index (χ2v) is 5.44. The fourth-order valence-corrected chi connectivity index (χ4v) is 2.04. The van der Waals surface area contributed by atoms with Crippen molar-refractivity contribution in [1.82, 2.24) is 0 Å².